The number of methoxy groups -OCH3 is 1. The monoisotopic (exact) mass is 1120 g/mol. The second kappa shape index (κ2) is 21.3. The molecule has 25 nitrogen and oxygen atoms in total. The minimum absolute atomic E-state index is 0.0329. The summed E-state index contributed by atoms with van der Waals surface area (Å²) < 4.78 is 78.5. The molecule has 3 aliphatic heterocycles. The highest BCUT2D eigenvalue weighted by molar-refractivity contribution is 7.32. The molecule has 13 fully saturated rings. The van der Waals surface area contributed by atoms with Crippen LogP contribution < -0.4 is 16.0 Å². The lowest BCUT2D eigenvalue weighted by atomic mass is 9.41. The number of carbonyl (C=O) groups excluding carboxylic acids is 3. The largest absolute Gasteiger partial charge is 0.388 e. The Balaban J connectivity index is 0.680. The third-order valence-corrected chi connectivity index (χ3v) is 19.3. The standard InChI is InChI=1S/C51H82N3O22P/c1-26(55)52-32-38(61)35(58)29(71-41(32)70-25-48-16-50(17-48,18-48)66-6)10-69-24-47-19-51(20-47,21-47)75-43-34(54-28(3)57)40(63)36(59)30(73-43)9-67-22-44(4)12-45(5,13-44)74-42-33(53-27(2)56)39(62)37(60)31(72-42)11-68-23-46-7-8-49(14-46,15-46)76-77(64)65/h29-43,58-63,77H,7-25H2,1-6H3,(H,52,55)(H,53,56)(H,54,57)(H,64,65). The lowest BCUT2D eigenvalue weighted by molar-refractivity contribution is -0.379. The first-order chi connectivity index (χ1) is 36.2. The quantitative estimate of drug-likeness (QED) is 0.0475. The molecule has 10 saturated carbocycles. The third-order valence-electron chi connectivity index (χ3n) is 18.7. The van der Waals surface area contributed by atoms with Gasteiger partial charge in [-0.05, 0) is 94.8 Å². The van der Waals surface area contributed by atoms with E-state index in [0.29, 0.717) is 71.2 Å². The predicted molar refractivity (Wildman–Crippen MR) is 262 cm³/mol. The van der Waals surface area contributed by atoms with E-state index in [2.05, 4.69) is 16.0 Å². The summed E-state index contributed by atoms with van der Waals surface area (Å²) in [6, 6.07) is -3.17. The maximum atomic E-state index is 12.3. The van der Waals surface area contributed by atoms with Gasteiger partial charge < -0.3 is 103 Å². The van der Waals surface area contributed by atoms with Gasteiger partial charge in [-0.15, -0.1) is 0 Å². The highest BCUT2D eigenvalue weighted by Crippen LogP contribution is 2.70. The van der Waals surface area contributed by atoms with E-state index in [1.807, 2.05) is 13.8 Å². The number of rotatable bonds is 25. The van der Waals surface area contributed by atoms with Crippen molar-refractivity contribution in [2.75, 3.05) is 53.4 Å². The van der Waals surface area contributed by atoms with Crippen molar-refractivity contribution in [3.8, 4) is 0 Å². The SMILES string of the molecule is COC12CC(COC3OC(COCC45CC(OC6OC(COCC7(C)CC(C)(OC8OC(COCC9%10CCC(O[PH](=O)O)(C9)C%10)C(O)C(O)C8NC(C)=O)C7)C(O)C(O)C6NC(C)=O)(C4)C5)C(O)C(O)C3NC(C)=O)(C1)C2. The van der Waals surface area contributed by atoms with Gasteiger partial charge in [0.25, 0.3) is 0 Å². The molecule has 0 aromatic rings. The number of nitrogens with one attached hydrogen (secondary N) is 3. The van der Waals surface area contributed by atoms with Crippen LogP contribution in [0.25, 0.3) is 0 Å². The molecule has 0 aromatic carbocycles. The van der Waals surface area contributed by atoms with Gasteiger partial charge in [-0.2, -0.15) is 0 Å². The van der Waals surface area contributed by atoms with Gasteiger partial charge in [0, 0.05) is 38.7 Å². The molecule has 16 unspecified atom stereocenters. The maximum Gasteiger partial charge on any atom is 0.317 e. The summed E-state index contributed by atoms with van der Waals surface area (Å²) in [7, 11) is -1.37. The molecule has 0 aromatic heterocycles. The highest BCUT2D eigenvalue weighted by atomic mass is 31.1. The van der Waals surface area contributed by atoms with Crippen LogP contribution in [-0.4, -0.2) is 221 Å². The van der Waals surface area contributed by atoms with E-state index in [1.165, 1.54) is 20.8 Å². The molecular formula is C51H82N3O22P. The summed E-state index contributed by atoms with van der Waals surface area (Å²) >= 11 is 0. The van der Waals surface area contributed by atoms with E-state index in [0.717, 1.165) is 25.7 Å². The van der Waals surface area contributed by atoms with Gasteiger partial charge in [0.15, 0.2) is 18.9 Å². The van der Waals surface area contributed by atoms with Crippen LogP contribution in [0.4, 0.5) is 0 Å². The van der Waals surface area contributed by atoms with E-state index >= 15 is 0 Å². The minimum atomic E-state index is -3.07. The lowest BCUT2D eigenvalue weighted by Gasteiger charge is -2.70. The Hall–Kier alpha value is -2.08. The van der Waals surface area contributed by atoms with E-state index in [1.54, 1.807) is 7.11 Å². The molecule has 77 heavy (non-hydrogen) atoms. The van der Waals surface area contributed by atoms with Gasteiger partial charge in [-0.25, -0.2) is 0 Å². The number of fused-ring (bicyclic) bond motifs is 1. The Morgan fingerprint density at radius 3 is 1.39 bits per heavy atom. The average molecular weight is 1120 g/mol. The van der Waals surface area contributed by atoms with Gasteiger partial charge in [0.1, 0.15) is 73.1 Å². The number of carbonyl (C=O) groups is 3. The first-order valence-corrected chi connectivity index (χ1v) is 28.5. The fourth-order valence-corrected chi connectivity index (χ4v) is 16.3. The average Bonchev–Trinajstić information content (AvgIpc) is 3.83. The minimum Gasteiger partial charge on any atom is -0.388 e. The molecule has 3 saturated heterocycles. The molecule has 0 radical (unpaired) electrons. The van der Waals surface area contributed by atoms with E-state index in [4.69, 9.17) is 51.9 Å². The second-order valence-electron chi connectivity index (χ2n) is 26.0. The number of aliphatic hydroxyl groups is 6. The van der Waals surface area contributed by atoms with Crippen molar-refractivity contribution in [2.45, 2.75) is 226 Å². The normalized spacial score (nSPS) is 50.3. The Kier molecular flexibility index (Phi) is 16.1. The highest BCUT2D eigenvalue weighted by Gasteiger charge is 2.71. The number of aliphatic hydroxyl groups excluding tert-OH is 6. The molecule has 13 rings (SSSR count). The predicted octanol–water partition coefficient (Wildman–Crippen LogP) is -1.30. The summed E-state index contributed by atoms with van der Waals surface area (Å²) in [6.07, 6.45) is -6.91. The van der Waals surface area contributed by atoms with E-state index in [9.17, 15) is 54.5 Å². The molecule has 10 N–H and O–H groups in total. The van der Waals surface area contributed by atoms with Crippen molar-refractivity contribution >= 4 is 26.0 Å². The van der Waals surface area contributed by atoms with E-state index < -0.39 is 140 Å². The van der Waals surface area contributed by atoms with Crippen LogP contribution in [0.15, 0.2) is 0 Å². The molecule has 3 amide bonds. The fourth-order valence-electron chi connectivity index (χ4n) is 15.7. The molecule has 438 valence electrons. The van der Waals surface area contributed by atoms with Crippen LogP contribution in [0.2, 0.25) is 0 Å². The molecule has 0 spiro atoms. The first-order valence-electron chi connectivity index (χ1n) is 27.2. The Morgan fingerprint density at radius 1 is 0.519 bits per heavy atom. The Labute approximate surface area is 448 Å². The number of ether oxygens (including phenoxy) is 10. The van der Waals surface area contributed by atoms with Crippen molar-refractivity contribution in [1.29, 1.82) is 0 Å². The molecule has 6 bridgehead atoms. The zero-order chi connectivity index (χ0) is 55.3. The third kappa shape index (κ3) is 11.6. The van der Waals surface area contributed by atoms with Gasteiger partial charge >= 0.3 is 8.25 Å². The molecule has 13 aliphatic rings. The Bertz CT molecular complexity index is 2180. The van der Waals surface area contributed by atoms with Crippen molar-refractivity contribution in [3.05, 3.63) is 0 Å². The maximum absolute atomic E-state index is 12.3. The second-order valence-corrected chi connectivity index (χ2v) is 26.7. The van der Waals surface area contributed by atoms with Gasteiger partial charge in [0.05, 0.1) is 68.7 Å². The topological polar surface area (TPSA) is 348 Å². The van der Waals surface area contributed by atoms with Gasteiger partial charge in [0.2, 0.25) is 17.7 Å². The van der Waals surface area contributed by atoms with Crippen LogP contribution in [0.5, 0.6) is 0 Å². The van der Waals surface area contributed by atoms with Crippen LogP contribution in [0.3, 0.4) is 0 Å². The zero-order valence-electron chi connectivity index (χ0n) is 44.8. The number of hydrogen-bond acceptors (Lipinski definition) is 21. The van der Waals surface area contributed by atoms with E-state index in [-0.39, 0.29) is 48.3 Å². The van der Waals surface area contributed by atoms with Gasteiger partial charge in [-0.3, -0.25) is 18.9 Å². The number of amides is 3. The van der Waals surface area contributed by atoms with Crippen molar-refractivity contribution in [1.82, 2.24) is 16.0 Å². The molecule has 3 heterocycles. The summed E-state index contributed by atoms with van der Waals surface area (Å²) in [5, 5.41) is 75.1. The summed E-state index contributed by atoms with van der Waals surface area (Å²) in [5.41, 5.74) is -3.06. The van der Waals surface area contributed by atoms with Crippen molar-refractivity contribution < 1.29 is 106 Å². The molecular weight excluding hydrogens is 1040 g/mol. The summed E-state index contributed by atoms with van der Waals surface area (Å²) in [4.78, 5) is 46.0. The smallest absolute Gasteiger partial charge is 0.317 e. The van der Waals surface area contributed by atoms with Crippen LogP contribution >= 0.6 is 8.25 Å². The fraction of sp³-hybridized carbons (Fsp3) is 0.941. The number of hydrogen-bond donors (Lipinski definition) is 10. The van der Waals surface area contributed by atoms with Crippen molar-refractivity contribution in [3.63, 3.8) is 0 Å². The first kappa shape index (κ1) is 58.1. The van der Waals surface area contributed by atoms with Crippen LogP contribution in [0, 0.1) is 21.7 Å². The molecule has 16 atom stereocenters. The Morgan fingerprint density at radius 2 is 0.922 bits per heavy atom. The lowest BCUT2D eigenvalue weighted by Crippen LogP contribution is -2.74. The van der Waals surface area contributed by atoms with Crippen LogP contribution in [0.1, 0.15) is 112 Å². The summed E-state index contributed by atoms with van der Waals surface area (Å²) in [5.74, 6) is -1.31. The van der Waals surface area contributed by atoms with Crippen LogP contribution in [-0.2, 0) is 70.8 Å². The molecule has 10 aliphatic carbocycles. The van der Waals surface area contributed by atoms with Crippen molar-refractivity contribution in [2.24, 2.45) is 21.7 Å². The summed E-state index contributed by atoms with van der Waals surface area (Å²) in [6.45, 7) is 8.68. The molecule has 26 heteroatoms. The van der Waals surface area contributed by atoms with Gasteiger partial charge in [-0.1, -0.05) is 6.92 Å². The zero-order valence-corrected chi connectivity index (χ0v) is 45.8.